The molecule has 0 spiro atoms. The Morgan fingerprint density at radius 1 is 1.35 bits per heavy atom. The highest BCUT2D eigenvalue weighted by Crippen LogP contribution is 2.08. The number of rotatable bonds is 4. The minimum Gasteiger partial charge on any atom is -0.429 e. The molecule has 0 radical (unpaired) electrons. The zero-order valence-electron chi connectivity index (χ0n) is 9.64. The molecule has 1 heterocycles. The Morgan fingerprint density at radius 2 is 2.12 bits per heavy atom. The molecule has 4 nitrogen and oxygen atoms in total. The molecule has 1 aromatic heterocycles. The van der Waals surface area contributed by atoms with Crippen LogP contribution in [0.15, 0.2) is 40.9 Å². The standard InChI is InChI=1S/C13H14N2O2/c1-10-9-14-13(17-10)15-12(16)8-7-11-5-3-2-4-6-11/h2-6,9H,7-8H2,1H3,(H,14,15,16). The van der Waals surface area contributed by atoms with Crippen LogP contribution >= 0.6 is 0 Å². The topological polar surface area (TPSA) is 55.1 Å². The van der Waals surface area contributed by atoms with Crippen molar-refractivity contribution in [3.8, 4) is 0 Å². The molecule has 1 amide bonds. The van der Waals surface area contributed by atoms with E-state index in [9.17, 15) is 4.79 Å². The second-order valence-corrected chi connectivity index (χ2v) is 3.81. The molecule has 0 saturated heterocycles. The summed E-state index contributed by atoms with van der Waals surface area (Å²) in [5.41, 5.74) is 1.14. The van der Waals surface area contributed by atoms with E-state index >= 15 is 0 Å². The van der Waals surface area contributed by atoms with Gasteiger partial charge in [0.25, 0.3) is 0 Å². The molecular formula is C13H14N2O2. The fourth-order valence-electron chi connectivity index (χ4n) is 1.50. The molecule has 17 heavy (non-hydrogen) atoms. The van der Waals surface area contributed by atoms with Gasteiger partial charge in [-0.05, 0) is 18.9 Å². The van der Waals surface area contributed by atoms with Gasteiger partial charge in [0.05, 0.1) is 6.20 Å². The molecule has 0 aliphatic rings. The largest absolute Gasteiger partial charge is 0.429 e. The third-order valence-electron chi connectivity index (χ3n) is 2.35. The van der Waals surface area contributed by atoms with Crippen molar-refractivity contribution < 1.29 is 9.21 Å². The van der Waals surface area contributed by atoms with Crippen molar-refractivity contribution in [3.63, 3.8) is 0 Å². The average molecular weight is 230 g/mol. The summed E-state index contributed by atoms with van der Waals surface area (Å²) in [7, 11) is 0. The summed E-state index contributed by atoms with van der Waals surface area (Å²) in [5.74, 6) is 0.596. The molecule has 0 aliphatic carbocycles. The summed E-state index contributed by atoms with van der Waals surface area (Å²) < 4.78 is 5.16. The molecule has 0 aliphatic heterocycles. The summed E-state index contributed by atoms with van der Waals surface area (Å²) in [6, 6.07) is 10.2. The van der Waals surface area contributed by atoms with Crippen molar-refractivity contribution in [2.45, 2.75) is 19.8 Å². The van der Waals surface area contributed by atoms with E-state index in [1.54, 1.807) is 13.1 Å². The predicted octanol–water partition coefficient (Wildman–Crippen LogP) is 2.55. The fraction of sp³-hybridized carbons (Fsp3) is 0.231. The predicted molar refractivity (Wildman–Crippen MR) is 64.6 cm³/mol. The van der Waals surface area contributed by atoms with E-state index in [4.69, 9.17) is 4.42 Å². The Balaban J connectivity index is 1.82. The second kappa shape index (κ2) is 5.30. The van der Waals surface area contributed by atoms with E-state index in [1.165, 1.54) is 0 Å². The molecule has 1 N–H and O–H groups in total. The third-order valence-corrected chi connectivity index (χ3v) is 2.35. The highest BCUT2D eigenvalue weighted by Gasteiger charge is 2.06. The minimum absolute atomic E-state index is 0.0873. The zero-order valence-corrected chi connectivity index (χ0v) is 9.64. The average Bonchev–Trinajstić information content (AvgIpc) is 2.73. The van der Waals surface area contributed by atoms with E-state index in [2.05, 4.69) is 10.3 Å². The van der Waals surface area contributed by atoms with Crippen molar-refractivity contribution in [1.29, 1.82) is 0 Å². The Morgan fingerprint density at radius 3 is 2.76 bits per heavy atom. The van der Waals surface area contributed by atoms with Crippen LogP contribution < -0.4 is 5.32 Å². The number of carbonyl (C=O) groups excluding carboxylic acids is 1. The van der Waals surface area contributed by atoms with Gasteiger partial charge in [-0.1, -0.05) is 30.3 Å². The number of benzene rings is 1. The SMILES string of the molecule is Cc1cnc(NC(=O)CCc2ccccc2)o1. The van der Waals surface area contributed by atoms with Crippen LogP contribution in [0.5, 0.6) is 0 Å². The number of anilines is 1. The van der Waals surface area contributed by atoms with Crippen molar-refractivity contribution in [2.24, 2.45) is 0 Å². The van der Waals surface area contributed by atoms with Gasteiger partial charge in [-0.3, -0.25) is 10.1 Å². The lowest BCUT2D eigenvalue weighted by molar-refractivity contribution is -0.116. The fourth-order valence-corrected chi connectivity index (χ4v) is 1.50. The van der Waals surface area contributed by atoms with Gasteiger partial charge in [0.2, 0.25) is 5.91 Å². The Labute approximate surface area is 99.7 Å². The number of hydrogen-bond acceptors (Lipinski definition) is 3. The number of carbonyl (C=O) groups is 1. The van der Waals surface area contributed by atoms with E-state index in [0.29, 0.717) is 18.6 Å². The van der Waals surface area contributed by atoms with Crippen LogP contribution in [0.3, 0.4) is 0 Å². The number of oxazole rings is 1. The first-order valence-corrected chi connectivity index (χ1v) is 5.50. The molecule has 0 fully saturated rings. The molecular weight excluding hydrogens is 216 g/mol. The van der Waals surface area contributed by atoms with Gasteiger partial charge < -0.3 is 4.42 Å². The number of aromatic nitrogens is 1. The third kappa shape index (κ3) is 3.45. The summed E-state index contributed by atoms with van der Waals surface area (Å²) in [4.78, 5) is 15.5. The second-order valence-electron chi connectivity index (χ2n) is 3.81. The maximum atomic E-state index is 11.6. The van der Waals surface area contributed by atoms with Gasteiger partial charge in [0, 0.05) is 6.42 Å². The van der Waals surface area contributed by atoms with Crippen LogP contribution in [-0.2, 0) is 11.2 Å². The number of aryl methyl sites for hydroxylation is 2. The summed E-state index contributed by atoms with van der Waals surface area (Å²) >= 11 is 0. The molecule has 1 aromatic carbocycles. The number of amides is 1. The molecule has 4 heteroatoms. The van der Waals surface area contributed by atoms with Gasteiger partial charge in [-0.2, -0.15) is 0 Å². The van der Waals surface area contributed by atoms with Crippen LogP contribution in [0.4, 0.5) is 6.01 Å². The van der Waals surface area contributed by atoms with E-state index < -0.39 is 0 Å². The summed E-state index contributed by atoms with van der Waals surface area (Å²) in [5, 5.41) is 2.62. The first kappa shape index (κ1) is 11.4. The van der Waals surface area contributed by atoms with Crippen molar-refractivity contribution >= 4 is 11.9 Å². The zero-order chi connectivity index (χ0) is 12.1. The van der Waals surface area contributed by atoms with Gasteiger partial charge in [0.15, 0.2) is 0 Å². The molecule has 0 atom stereocenters. The van der Waals surface area contributed by atoms with Crippen molar-refractivity contribution in [1.82, 2.24) is 4.98 Å². The maximum Gasteiger partial charge on any atom is 0.301 e. The van der Waals surface area contributed by atoms with Crippen LogP contribution in [0.2, 0.25) is 0 Å². The minimum atomic E-state index is -0.0873. The van der Waals surface area contributed by atoms with Crippen LogP contribution in [-0.4, -0.2) is 10.9 Å². The maximum absolute atomic E-state index is 11.6. The normalized spacial score (nSPS) is 10.2. The van der Waals surface area contributed by atoms with Gasteiger partial charge in [-0.25, -0.2) is 4.98 Å². The molecule has 2 aromatic rings. The quantitative estimate of drug-likeness (QED) is 0.878. The highest BCUT2D eigenvalue weighted by molar-refractivity contribution is 5.88. The van der Waals surface area contributed by atoms with Crippen LogP contribution in [0, 0.1) is 6.92 Å². The molecule has 88 valence electrons. The van der Waals surface area contributed by atoms with Gasteiger partial charge in [-0.15, -0.1) is 0 Å². The summed E-state index contributed by atoms with van der Waals surface area (Å²) in [6.45, 7) is 1.78. The Bertz CT molecular complexity index is 491. The van der Waals surface area contributed by atoms with Crippen LogP contribution in [0.25, 0.3) is 0 Å². The van der Waals surface area contributed by atoms with Crippen molar-refractivity contribution in [2.75, 3.05) is 5.32 Å². The van der Waals surface area contributed by atoms with Gasteiger partial charge in [0.1, 0.15) is 5.76 Å². The molecule has 2 rings (SSSR count). The molecule has 0 saturated carbocycles. The molecule has 0 unspecified atom stereocenters. The number of nitrogens with one attached hydrogen (secondary N) is 1. The van der Waals surface area contributed by atoms with E-state index in [1.807, 2.05) is 30.3 Å². The first-order chi connectivity index (χ1) is 8.24. The number of hydrogen-bond donors (Lipinski definition) is 1. The summed E-state index contributed by atoms with van der Waals surface area (Å²) in [6.07, 6.45) is 2.71. The van der Waals surface area contributed by atoms with E-state index in [0.717, 1.165) is 5.56 Å². The lowest BCUT2D eigenvalue weighted by atomic mass is 10.1. The Kier molecular flexibility index (Phi) is 3.55. The number of nitrogens with zero attached hydrogens (tertiary/aromatic N) is 1. The molecule has 0 bridgehead atoms. The van der Waals surface area contributed by atoms with Crippen LogP contribution in [0.1, 0.15) is 17.7 Å². The van der Waals surface area contributed by atoms with E-state index in [-0.39, 0.29) is 11.9 Å². The smallest absolute Gasteiger partial charge is 0.301 e. The lowest BCUT2D eigenvalue weighted by Gasteiger charge is -2.01. The lowest BCUT2D eigenvalue weighted by Crippen LogP contribution is -2.12. The Hall–Kier alpha value is -2.10. The first-order valence-electron chi connectivity index (χ1n) is 5.50. The van der Waals surface area contributed by atoms with Gasteiger partial charge >= 0.3 is 6.01 Å². The highest BCUT2D eigenvalue weighted by atomic mass is 16.4. The van der Waals surface area contributed by atoms with Crippen molar-refractivity contribution in [3.05, 3.63) is 47.9 Å². The monoisotopic (exact) mass is 230 g/mol.